The van der Waals surface area contributed by atoms with Gasteiger partial charge in [-0.3, -0.25) is 9.36 Å². The summed E-state index contributed by atoms with van der Waals surface area (Å²) in [6.45, 7) is 0.868. The molecule has 0 aliphatic heterocycles. The van der Waals surface area contributed by atoms with Crippen LogP contribution in [0.5, 0.6) is 0 Å². The number of hydrogen-bond donors (Lipinski definition) is 1. The van der Waals surface area contributed by atoms with Crippen molar-refractivity contribution in [2.24, 2.45) is 14.1 Å². The third-order valence-corrected chi connectivity index (χ3v) is 3.69. The van der Waals surface area contributed by atoms with Gasteiger partial charge in [0.15, 0.2) is 0 Å². The molecule has 18 heavy (non-hydrogen) atoms. The van der Waals surface area contributed by atoms with Crippen LogP contribution in [0.3, 0.4) is 0 Å². The van der Waals surface area contributed by atoms with Gasteiger partial charge in [-0.2, -0.15) is 10.2 Å². The number of rotatable bonds is 3. The standard InChI is InChI=1S/C13H19N5/c1-17-9-10(7-15-17)6-14-12-4-3-5-13-11(12)8-16-18(13)2/h7-9,12,14H,3-6H2,1-2H3. The van der Waals surface area contributed by atoms with Gasteiger partial charge in [0, 0.05) is 49.7 Å². The number of fused-ring (bicyclic) bond motifs is 1. The van der Waals surface area contributed by atoms with E-state index in [1.54, 1.807) is 0 Å². The molecule has 5 nitrogen and oxygen atoms in total. The van der Waals surface area contributed by atoms with Crippen LogP contribution in [0.2, 0.25) is 0 Å². The predicted molar refractivity (Wildman–Crippen MR) is 68.9 cm³/mol. The van der Waals surface area contributed by atoms with Crippen LogP contribution in [-0.4, -0.2) is 19.6 Å². The van der Waals surface area contributed by atoms with Gasteiger partial charge in [-0.1, -0.05) is 0 Å². The Morgan fingerprint density at radius 3 is 3.00 bits per heavy atom. The highest BCUT2D eigenvalue weighted by molar-refractivity contribution is 5.24. The van der Waals surface area contributed by atoms with Gasteiger partial charge in [-0.25, -0.2) is 0 Å². The van der Waals surface area contributed by atoms with Crippen LogP contribution in [-0.2, 0) is 27.1 Å². The van der Waals surface area contributed by atoms with Gasteiger partial charge >= 0.3 is 0 Å². The molecular weight excluding hydrogens is 226 g/mol. The Morgan fingerprint density at radius 2 is 2.22 bits per heavy atom. The minimum absolute atomic E-state index is 0.433. The number of nitrogens with one attached hydrogen (secondary N) is 1. The Morgan fingerprint density at radius 1 is 1.33 bits per heavy atom. The summed E-state index contributed by atoms with van der Waals surface area (Å²) in [6, 6.07) is 0.433. The summed E-state index contributed by atoms with van der Waals surface area (Å²) in [5.41, 5.74) is 3.98. The smallest absolute Gasteiger partial charge is 0.0540 e. The molecule has 2 aromatic heterocycles. The second-order valence-electron chi connectivity index (χ2n) is 5.02. The summed E-state index contributed by atoms with van der Waals surface area (Å²) in [7, 11) is 3.98. The van der Waals surface area contributed by atoms with E-state index in [4.69, 9.17) is 0 Å². The first-order valence-electron chi connectivity index (χ1n) is 6.45. The van der Waals surface area contributed by atoms with Gasteiger partial charge in [0.25, 0.3) is 0 Å². The summed E-state index contributed by atoms with van der Waals surface area (Å²) in [5.74, 6) is 0. The molecule has 0 saturated heterocycles. The molecule has 1 aliphatic rings. The first-order valence-corrected chi connectivity index (χ1v) is 6.45. The Balaban J connectivity index is 1.71. The van der Waals surface area contributed by atoms with Crippen molar-refractivity contribution in [1.29, 1.82) is 0 Å². The highest BCUT2D eigenvalue weighted by Gasteiger charge is 2.22. The second kappa shape index (κ2) is 4.57. The summed E-state index contributed by atoms with van der Waals surface area (Å²) in [4.78, 5) is 0. The molecule has 96 valence electrons. The normalized spacial score (nSPS) is 18.9. The highest BCUT2D eigenvalue weighted by atomic mass is 15.3. The average Bonchev–Trinajstić information content (AvgIpc) is 2.94. The SMILES string of the molecule is Cn1cc(CNC2CCCc3c2cnn3C)cn1. The maximum Gasteiger partial charge on any atom is 0.0540 e. The van der Waals surface area contributed by atoms with Gasteiger partial charge in [-0.15, -0.1) is 0 Å². The molecule has 1 aliphatic carbocycles. The maximum atomic E-state index is 4.37. The average molecular weight is 245 g/mol. The summed E-state index contributed by atoms with van der Waals surface area (Å²) < 4.78 is 3.85. The Kier molecular flexibility index (Phi) is 2.91. The van der Waals surface area contributed by atoms with Crippen LogP contribution < -0.4 is 5.32 Å². The largest absolute Gasteiger partial charge is 0.306 e. The van der Waals surface area contributed by atoms with Crippen molar-refractivity contribution in [3.63, 3.8) is 0 Å². The number of aryl methyl sites for hydroxylation is 2. The van der Waals surface area contributed by atoms with Crippen LogP contribution in [0.25, 0.3) is 0 Å². The summed E-state index contributed by atoms with van der Waals surface area (Å²) in [5, 5.41) is 12.2. The molecule has 3 rings (SSSR count). The van der Waals surface area contributed by atoms with Crippen molar-refractivity contribution in [3.05, 3.63) is 35.4 Å². The Labute approximate surface area is 107 Å². The second-order valence-corrected chi connectivity index (χ2v) is 5.02. The van der Waals surface area contributed by atoms with E-state index in [2.05, 4.69) is 21.7 Å². The number of hydrogen-bond acceptors (Lipinski definition) is 3. The zero-order valence-corrected chi connectivity index (χ0v) is 10.9. The molecule has 2 heterocycles. The Bertz CT molecular complexity index is 539. The van der Waals surface area contributed by atoms with E-state index in [0.717, 1.165) is 13.0 Å². The van der Waals surface area contributed by atoms with Crippen LogP contribution in [0.15, 0.2) is 18.6 Å². The van der Waals surface area contributed by atoms with Crippen molar-refractivity contribution in [2.45, 2.75) is 31.8 Å². The summed E-state index contributed by atoms with van der Waals surface area (Å²) in [6.07, 6.45) is 9.56. The Hall–Kier alpha value is -1.62. The highest BCUT2D eigenvalue weighted by Crippen LogP contribution is 2.29. The van der Waals surface area contributed by atoms with E-state index in [1.807, 2.05) is 35.9 Å². The fourth-order valence-electron chi connectivity index (χ4n) is 2.72. The number of aromatic nitrogens is 4. The third kappa shape index (κ3) is 2.06. The fraction of sp³-hybridized carbons (Fsp3) is 0.538. The lowest BCUT2D eigenvalue weighted by atomic mass is 9.93. The quantitative estimate of drug-likeness (QED) is 0.887. The predicted octanol–water partition coefficient (Wildman–Crippen LogP) is 1.32. The molecule has 1 atom stereocenters. The molecule has 1 unspecified atom stereocenters. The van der Waals surface area contributed by atoms with Crippen molar-refractivity contribution in [2.75, 3.05) is 0 Å². The van der Waals surface area contributed by atoms with E-state index in [1.165, 1.54) is 29.7 Å². The lowest BCUT2D eigenvalue weighted by Gasteiger charge is -2.23. The fourth-order valence-corrected chi connectivity index (χ4v) is 2.72. The van der Waals surface area contributed by atoms with Crippen LogP contribution in [0.4, 0.5) is 0 Å². The first kappa shape index (κ1) is 11.5. The number of nitrogens with zero attached hydrogens (tertiary/aromatic N) is 4. The molecule has 0 radical (unpaired) electrons. The zero-order valence-electron chi connectivity index (χ0n) is 10.9. The van der Waals surface area contributed by atoms with Gasteiger partial charge in [0.1, 0.15) is 0 Å². The minimum atomic E-state index is 0.433. The molecule has 5 heteroatoms. The zero-order chi connectivity index (χ0) is 12.5. The van der Waals surface area contributed by atoms with Crippen molar-refractivity contribution in [3.8, 4) is 0 Å². The van der Waals surface area contributed by atoms with Gasteiger partial charge in [-0.05, 0) is 19.3 Å². The lowest BCUT2D eigenvalue weighted by molar-refractivity contribution is 0.452. The van der Waals surface area contributed by atoms with E-state index in [9.17, 15) is 0 Å². The van der Waals surface area contributed by atoms with Crippen LogP contribution in [0.1, 0.15) is 35.7 Å². The van der Waals surface area contributed by atoms with Crippen LogP contribution in [0, 0.1) is 0 Å². The van der Waals surface area contributed by atoms with Gasteiger partial charge in [0.05, 0.1) is 12.4 Å². The van der Waals surface area contributed by atoms with Crippen molar-refractivity contribution >= 4 is 0 Å². The van der Waals surface area contributed by atoms with E-state index < -0.39 is 0 Å². The molecule has 2 aromatic rings. The molecule has 0 fully saturated rings. The van der Waals surface area contributed by atoms with Gasteiger partial charge < -0.3 is 5.32 Å². The topological polar surface area (TPSA) is 47.7 Å². The van der Waals surface area contributed by atoms with E-state index >= 15 is 0 Å². The molecule has 0 saturated carbocycles. The molecule has 0 bridgehead atoms. The maximum absolute atomic E-state index is 4.37. The minimum Gasteiger partial charge on any atom is -0.306 e. The van der Waals surface area contributed by atoms with Crippen molar-refractivity contribution < 1.29 is 0 Å². The third-order valence-electron chi connectivity index (χ3n) is 3.69. The molecule has 0 spiro atoms. The van der Waals surface area contributed by atoms with Crippen LogP contribution >= 0.6 is 0 Å². The molecule has 1 N–H and O–H groups in total. The van der Waals surface area contributed by atoms with Crippen molar-refractivity contribution in [1.82, 2.24) is 24.9 Å². The molecular formula is C13H19N5. The molecule has 0 aromatic carbocycles. The first-order chi connectivity index (χ1) is 8.74. The molecule has 0 amide bonds. The van der Waals surface area contributed by atoms with E-state index in [-0.39, 0.29) is 0 Å². The van der Waals surface area contributed by atoms with Gasteiger partial charge in [0.2, 0.25) is 0 Å². The van der Waals surface area contributed by atoms with E-state index in [0.29, 0.717) is 6.04 Å². The summed E-state index contributed by atoms with van der Waals surface area (Å²) >= 11 is 0. The lowest BCUT2D eigenvalue weighted by Crippen LogP contribution is -2.24. The monoisotopic (exact) mass is 245 g/mol.